The molecule has 2 rings (SSSR count). The molecule has 1 N–H and O–H groups in total. The van der Waals surface area contributed by atoms with Crippen LogP contribution in [0.3, 0.4) is 0 Å². The Hall–Kier alpha value is -1.44. The molecule has 0 saturated heterocycles. The van der Waals surface area contributed by atoms with Crippen molar-refractivity contribution in [1.29, 1.82) is 0 Å². The predicted molar refractivity (Wildman–Crippen MR) is 61.6 cm³/mol. The second kappa shape index (κ2) is 4.39. The van der Waals surface area contributed by atoms with E-state index in [0.29, 0.717) is 5.92 Å². The number of rotatable bonds is 2. The summed E-state index contributed by atoms with van der Waals surface area (Å²) < 4.78 is 5.62. The lowest BCUT2D eigenvalue weighted by atomic mass is 9.98. The van der Waals surface area contributed by atoms with E-state index in [4.69, 9.17) is 4.74 Å². The molecule has 0 aliphatic carbocycles. The van der Waals surface area contributed by atoms with Gasteiger partial charge in [0, 0.05) is 18.7 Å². The molecule has 1 aromatic rings. The molecule has 1 aromatic carbocycles. The van der Waals surface area contributed by atoms with E-state index in [-0.39, 0.29) is 0 Å². The smallest absolute Gasteiger partial charge is 0.119 e. The molecule has 80 valence electrons. The molecule has 0 amide bonds. The number of nitrogens with one attached hydrogen (secondary N) is 1. The molecular weight excluding hydrogens is 186 g/mol. The van der Waals surface area contributed by atoms with Crippen LogP contribution in [0.5, 0.6) is 0 Å². The molecule has 0 aromatic heterocycles. The van der Waals surface area contributed by atoms with E-state index in [0.717, 1.165) is 18.9 Å². The Morgan fingerprint density at radius 3 is 2.60 bits per heavy atom. The topological polar surface area (TPSA) is 21.3 Å². The maximum atomic E-state index is 5.62. The van der Waals surface area contributed by atoms with Crippen molar-refractivity contribution < 1.29 is 4.74 Å². The Kier molecular flexibility index (Phi) is 2.95. The molecule has 1 atom stereocenters. The number of aryl methyl sites for hydroxylation is 1. The van der Waals surface area contributed by atoms with Crippen LogP contribution in [0.1, 0.15) is 24.0 Å². The van der Waals surface area contributed by atoms with Crippen LogP contribution in [0.2, 0.25) is 0 Å². The lowest BCUT2D eigenvalue weighted by Gasteiger charge is -2.21. The van der Waals surface area contributed by atoms with Gasteiger partial charge in [0.25, 0.3) is 0 Å². The van der Waals surface area contributed by atoms with E-state index in [1.807, 2.05) is 6.20 Å². The first-order valence-electron chi connectivity index (χ1n) is 5.40. The van der Waals surface area contributed by atoms with Crippen LogP contribution in [0.15, 0.2) is 36.2 Å². The second-order valence-corrected chi connectivity index (χ2v) is 3.98. The van der Waals surface area contributed by atoms with Crippen LogP contribution in [0.4, 0.5) is 0 Å². The molecule has 1 aliphatic rings. The van der Waals surface area contributed by atoms with Crippen molar-refractivity contribution in [2.45, 2.75) is 19.8 Å². The van der Waals surface area contributed by atoms with Crippen molar-refractivity contribution in [3.05, 3.63) is 47.4 Å². The van der Waals surface area contributed by atoms with Crippen molar-refractivity contribution >= 4 is 0 Å². The number of benzene rings is 1. The molecule has 0 fully saturated rings. The summed E-state index contributed by atoms with van der Waals surface area (Å²) in [4.78, 5) is 0. The molecule has 15 heavy (non-hydrogen) atoms. The predicted octanol–water partition coefficient (Wildman–Crippen LogP) is 2.56. The van der Waals surface area contributed by atoms with Crippen molar-refractivity contribution in [3.8, 4) is 0 Å². The van der Waals surface area contributed by atoms with Gasteiger partial charge in [-0.15, -0.1) is 0 Å². The zero-order chi connectivity index (χ0) is 10.7. The van der Waals surface area contributed by atoms with Crippen molar-refractivity contribution in [1.82, 2.24) is 5.32 Å². The van der Waals surface area contributed by atoms with Gasteiger partial charge in [0.1, 0.15) is 12.4 Å². The molecule has 0 bridgehead atoms. The zero-order valence-corrected chi connectivity index (χ0v) is 9.29. The molecule has 2 nitrogen and oxygen atoms in total. The normalized spacial score (nSPS) is 17.3. The molecule has 1 heterocycles. The maximum Gasteiger partial charge on any atom is 0.119 e. The van der Waals surface area contributed by atoms with E-state index in [1.165, 1.54) is 11.1 Å². The fourth-order valence-electron chi connectivity index (χ4n) is 1.71. The van der Waals surface area contributed by atoms with Crippen LogP contribution >= 0.6 is 0 Å². The summed E-state index contributed by atoms with van der Waals surface area (Å²) in [5.41, 5.74) is 2.60. The average molecular weight is 203 g/mol. The highest BCUT2D eigenvalue weighted by Gasteiger charge is 2.14. The van der Waals surface area contributed by atoms with Gasteiger partial charge in [-0.25, -0.2) is 0 Å². The minimum absolute atomic E-state index is 0.332. The van der Waals surface area contributed by atoms with Crippen molar-refractivity contribution in [2.75, 3.05) is 13.2 Å². The minimum atomic E-state index is 0.332. The molecule has 2 heteroatoms. The Labute approximate surface area is 91.0 Å². The van der Waals surface area contributed by atoms with Gasteiger partial charge in [-0.05, 0) is 12.5 Å². The summed E-state index contributed by atoms with van der Waals surface area (Å²) >= 11 is 0. The molecule has 0 spiro atoms. The summed E-state index contributed by atoms with van der Waals surface area (Å²) in [5.74, 6) is 1.36. The number of hydrogen-bond donors (Lipinski definition) is 1. The molecule has 0 radical (unpaired) electrons. The van der Waals surface area contributed by atoms with Crippen LogP contribution in [-0.2, 0) is 4.74 Å². The minimum Gasteiger partial charge on any atom is -0.494 e. The lowest BCUT2D eigenvalue weighted by Crippen LogP contribution is -2.22. The Morgan fingerprint density at radius 1 is 1.27 bits per heavy atom. The van der Waals surface area contributed by atoms with Gasteiger partial charge in [-0.2, -0.15) is 0 Å². The number of ether oxygens (including phenoxy) is 1. The van der Waals surface area contributed by atoms with E-state index >= 15 is 0 Å². The zero-order valence-electron chi connectivity index (χ0n) is 9.29. The van der Waals surface area contributed by atoms with Crippen LogP contribution in [0.25, 0.3) is 0 Å². The average Bonchev–Trinajstić information content (AvgIpc) is 2.30. The highest BCUT2D eigenvalue weighted by atomic mass is 16.5. The van der Waals surface area contributed by atoms with Gasteiger partial charge in [-0.1, -0.05) is 36.8 Å². The second-order valence-electron chi connectivity index (χ2n) is 3.98. The number of hydrogen-bond acceptors (Lipinski definition) is 2. The standard InChI is InChI=1S/C13H17NO/c1-10-3-5-12(6-4-10)11(2)13-9-14-7-8-15-13/h3-6,9,11,14H,7-8H2,1-2H3. The van der Waals surface area contributed by atoms with E-state index in [1.54, 1.807) is 0 Å². The Bertz CT molecular complexity index is 353. The molecule has 0 saturated carbocycles. The third-order valence-electron chi connectivity index (χ3n) is 2.76. The summed E-state index contributed by atoms with van der Waals surface area (Å²) in [7, 11) is 0. The molecule has 1 unspecified atom stereocenters. The highest BCUT2D eigenvalue weighted by molar-refractivity contribution is 5.28. The van der Waals surface area contributed by atoms with Gasteiger partial charge in [-0.3, -0.25) is 0 Å². The third kappa shape index (κ3) is 2.32. The Balaban J connectivity index is 2.16. The van der Waals surface area contributed by atoms with Gasteiger partial charge >= 0.3 is 0 Å². The summed E-state index contributed by atoms with van der Waals surface area (Å²) in [6, 6.07) is 8.61. The largest absolute Gasteiger partial charge is 0.494 e. The van der Waals surface area contributed by atoms with Crippen molar-refractivity contribution in [2.24, 2.45) is 0 Å². The van der Waals surface area contributed by atoms with E-state index < -0.39 is 0 Å². The maximum absolute atomic E-state index is 5.62. The molecule has 1 aliphatic heterocycles. The lowest BCUT2D eigenvalue weighted by molar-refractivity contribution is 0.182. The fraction of sp³-hybridized carbons (Fsp3) is 0.385. The van der Waals surface area contributed by atoms with E-state index in [2.05, 4.69) is 43.4 Å². The van der Waals surface area contributed by atoms with Crippen LogP contribution < -0.4 is 5.32 Å². The number of allylic oxidation sites excluding steroid dienone is 1. The first kappa shape index (κ1) is 10.1. The third-order valence-corrected chi connectivity index (χ3v) is 2.76. The molecular formula is C13H17NO. The van der Waals surface area contributed by atoms with Gasteiger partial charge in [0.15, 0.2) is 0 Å². The van der Waals surface area contributed by atoms with Crippen LogP contribution in [0, 0.1) is 6.92 Å². The summed E-state index contributed by atoms with van der Waals surface area (Å²) in [6.45, 7) is 5.95. The van der Waals surface area contributed by atoms with Gasteiger partial charge < -0.3 is 10.1 Å². The van der Waals surface area contributed by atoms with Gasteiger partial charge in [0.2, 0.25) is 0 Å². The SMILES string of the molecule is Cc1ccc(C(C)C2=CNCCO2)cc1. The fourth-order valence-corrected chi connectivity index (χ4v) is 1.71. The van der Waals surface area contributed by atoms with Crippen LogP contribution in [-0.4, -0.2) is 13.2 Å². The Morgan fingerprint density at radius 2 is 2.00 bits per heavy atom. The summed E-state index contributed by atoms with van der Waals surface area (Å²) in [5, 5.41) is 3.21. The first-order chi connectivity index (χ1) is 7.27. The first-order valence-corrected chi connectivity index (χ1v) is 5.40. The highest BCUT2D eigenvalue weighted by Crippen LogP contribution is 2.25. The van der Waals surface area contributed by atoms with Crippen molar-refractivity contribution in [3.63, 3.8) is 0 Å². The quantitative estimate of drug-likeness (QED) is 0.797. The van der Waals surface area contributed by atoms with E-state index in [9.17, 15) is 0 Å². The monoisotopic (exact) mass is 203 g/mol. The summed E-state index contributed by atoms with van der Waals surface area (Å²) in [6.07, 6.45) is 1.98. The van der Waals surface area contributed by atoms with Gasteiger partial charge in [0.05, 0.1) is 0 Å².